The van der Waals surface area contributed by atoms with Crippen LogP contribution in [0.1, 0.15) is 21.9 Å². The van der Waals surface area contributed by atoms with E-state index in [9.17, 15) is 4.79 Å². The van der Waals surface area contributed by atoms with Gasteiger partial charge in [0, 0.05) is 28.5 Å². The molecule has 0 aliphatic heterocycles. The Morgan fingerprint density at radius 2 is 2.21 bits per heavy atom. The first-order valence-electron chi connectivity index (χ1n) is 4.24. The van der Waals surface area contributed by atoms with Crippen molar-refractivity contribution in [3.63, 3.8) is 0 Å². The van der Waals surface area contributed by atoms with Crippen LogP contribution in [0.25, 0.3) is 0 Å². The molecule has 0 bridgehead atoms. The van der Waals surface area contributed by atoms with Gasteiger partial charge in [0.1, 0.15) is 0 Å². The molecule has 2 aromatic heterocycles. The Bertz CT molecular complexity index is 444. The van der Waals surface area contributed by atoms with Crippen molar-refractivity contribution in [1.82, 2.24) is 9.97 Å². The molecule has 0 spiro atoms. The second-order valence-corrected chi connectivity index (χ2v) is 3.99. The zero-order valence-electron chi connectivity index (χ0n) is 7.38. The van der Waals surface area contributed by atoms with Gasteiger partial charge in [-0.2, -0.15) is 0 Å². The third-order valence-electron chi connectivity index (χ3n) is 1.98. The van der Waals surface area contributed by atoms with Gasteiger partial charge in [-0.05, 0) is 34.1 Å². The summed E-state index contributed by atoms with van der Waals surface area (Å²) in [7, 11) is 0. The molecule has 2 heterocycles. The van der Waals surface area contributed by atoms with E-state index in [0.717, 1.165) is 28.6 Å². The summed E-state index contributed by atoms with van der Waals surface area (Å²) in [5.74, 6) is 0. The van der Waals surface area contributed by atoms with Crippen molar-refractivity contribution in [3.8, 4) is 0 Å². The van der Waals surface area contributed by atoms with Crippen molar-refractivity contribution in [1.29, 1.82) is 0 Å². The van der Waals surface area contributed by atoms with Crippen LogP contribution in [0.2, 0.25) is 0 Å². The van der Waals surface area contributed by atoms with Crippen LogP contribution >= 0.6 is 15.9 Å². The van der Waals surface area contributed by atoms with Crippen molar-refractivity contribution >= 4 is 22.2 Å². The lowest BCUT2D eigenvalue weighted by atomic mass is 10.2. The van der Waals surface area contributed by atoms with E-state index in [4.69, 9.17) is 0 Å². The van der Waals surface area contributed by atoms with Gasteiger partial charge < -0.3 is 9.97 Å². The Hall–Kier alpha value is -1.29. The fourth-order valence-corrected chi connectivity index (χ4v) is 1.74. The molecule has 0 saturated carbocycles. The van der Waals surface area contributed by atoms with Gasteiger partial charge in [-0.3, -0.25) is 4.79 Å². The average molecular weight is 253 g/mol. The molecule has 0 aliphatic carbocycles. The normalized spacial score (nSPS) is 10.4. The fourth-order valence-electron chi connectivity index (χ4n) is 1.35. The summed E-state index contributed by atoms with van der Waals surface area (Å²) in [6.07, 6.45) is 3.48. The minimum atomic E-state index is 0.616. The first-order valence-corrected chi connectivity index (χ1v) is 5.03. The van der Waals surface area contributed by atoms with Crippen molar-refractivity contribution in [2.45, 2.75) is 6.42 Å². The molecule has 0 unspecified atom stereocenters. The largest absolute Gasteiger partial charge is 0.364 e. The van der Waals surface area contributed by atoms with Crippen LogP contribution in [0.3, 0.4) is 0 Å². The van der Waals surface area contributed by atoms with Gasteiger partial charge in [-0.25, -0.2) is 0 Å². The molecule has 0 aliphatic rings. The Labute approximate surface area is 89.7 Å². The Balaban J connectivity index is 2.14. The number of rotatable bonds is 3. The van der Waals surface area contributed by atoms with Crippen LogP contribution in [0.15, 0.2) is 28.9 Å². The van der Waals surface area contributed by atoms with Crippen molar-refractivity contribution in [3.05, 3.63) is 46.0 Å². The highest BCUT2D eigenvalue weighted by Gasteiger charge is 2.01. The van der Waals surface area contributed by atoms with E-state index in [-0.39, 0.29) is 0 Å². The molecular weight excluding hydrogens is 244 g/mol. The highest BCUT2D eigenvalue weighted by atomic mass is 79.9. The van der Waals surface area contributed by atoms with Crippen molar-refractivity contribution in [2.75, 3.05) is 0 Å². The second kappa shape index (κ2) is 3.84. The summed E-state index contributed by atoms with van der Waals surface area (Å²) in [6, 6.07) is 5.71. The van der Waals surface area contributed by atoms with E-state index in [1.54, 1.807) is 6.07 Å². The lowest BCUT2D eigenvalue weighted by Crippen LogP contribution is -1.88. The van der Waals surface area contributed by atoms with Gasteiger partial charge in [0.2, 0.25) is 0 Å². The van der Waals surface area contributed by atoms with Gasteiger partial charge in [-0.15, -0.1) is 0 Å². The van der Waals surface area contributed by atoms with Crippen LogP contribution in [-0.4, -0.2) is 16.3 Å². The molecule has 2 aromatic rings. The number of H-pyrrole nitrogens is 2. The van der Waals surface area contributed by atoms with Gasteiger partial charge in [0.15, 0.2) is 6.29 Å². The third kappa shape index (κ3) is 1.96. The molecule has 0 saturated heterocycles. The molecule has 2 rings (SSSR count). The van der Waals surface area contributed by atoms with Crippen molar-refractivity contribution < 1.29 is 4.79 Å². The van der Waals surface area contributed by atoms with Gasteiger partial charge in [-0.1, -0.05) is 0 Å². The number of carbonyl (C=O) groups excluding carboxylic acids is 1. The number of aldehydes is 1. The quantitative estimate of drug-likeness (QED) is 0.811. The molecule has 0 aromatic carbocycles. The number of nitrogens with one attached hydrogen (secondary N) is 2. The lowest BCUT2D eigenvalue weighted by molar-refractivity contribution is 0.111. The average Bonchev–Trinajstić information content (AvgIpc) is 2.76. The highest BCUT2D eigenvalue weighted by Crippen LogP contribution is 2.13. The molecule has 72 valence electrons. The smallest absolute Gasteiger partial charge is 0.166 e. The number of hydrogen-bond acceptors (Lipinski definition) is 1. The Morgan fingerprint density at radius 3 is 2.79 bits per heavy atom. The topological polar surface area (TPSA) is 48.6 Å². The van der Waals surface area contributed by atoms with E-state index in [0.29, 0.717) is 5.69 Å². The minimum Gasteiger partial charge on any atom is -0.364 e. The van der Waals surface area contributed by atoms with E-state index in [1.165, 1.54) is 0 Å². The number of halogens is 1. The SMILES string of the molecule is O=Cc1ccc(Cc2cc(Br)c[nH]2)[nH]1. The van der Waals surface area contributed by atoms with Gasteiger partial charge in [0.25, 0.3) is 0 Å². The van der Waals surface area contributed by atoms with Crippen LogP contribution in [0, 0.1) is 0 Å². The summed E-state index contributed by atoms with van der Waals surface area (Å²) < 4.78 is 1.04. The van der Waals surface area contributed by atoms with E-state index in [1.807, 2.05) is 18.3 Å². The monoisotopic (exact) mass is 252 g/mol. The Morgan fingerprint density at radius 1 is 1.36 bits per heavy atom. The molecule has 0 amide bonds. The van der Waals surface area contributed by atoms with Crippen LogP contribution in [0.5, 0.6) is 0 Å². The molecule has 0 atom stereocenters. The standard InChI is InChI=1S/C10H9BrN2O/c11-7-3-10(12-5-7)4-8-1-2-9(6-14)13-8/h1-3,5-6,12-13H,4H2. The Kier molecular flexibility index (Phi) is 2.54. The lowest BCUT2D eigenvalue weighted by Gasteiger charge is -1.93. The summed E-state index contributed by atoms with van der Waals surface area (Å²) in [6.45, 7) is 0. The van der Waals surface area contributed by atoms with Crippen LogP contribution < -0.4 is 0 Å². The molecule has 0 radical (unpaired) electrons. The highest BCUT2D eigenvalue weighted by molar-refractivity contribution is 9.10. The summed E-state index contributed by atoms with van der Waals surface area (Å²) >= 11 is 3.37. The predicted octanol–water partition coefficient (Wildman–Crippen LogP) is 2.51. The molecule has 2 N–H and O–H groups in total. The number of aromatic nitrogens is 2. The van der Waals surface area contributed by atoms with E-state index in [2.05, 4.69) is 25.9 Å². The maximum absolute atomic E-state index is 10.4. The second-order valence-electron chi connectivity index (χ2n) is 3.08. The molecular formula is C10H9BrN2O. The van der Waals surface area contributed by atoms with Crippen molar-refractivity contribution in [2.24, 2.45) is 0 Å². The molecule has 0 fully saturated rings. The van der Waals surface area contributed by atoms with Crippen LogP contribution in [0.4, 0.5) is 0 Å². The molecule has 14 heavy (non-hydrogen) atoms. The minimum absolute atomic E-state index is 0.616. The zero-order valence-corrected chi connectivity index (χ0v) is 8.97. The van der Waals surface area contributed by atoms with E-state index >= 15 is 0 Å². The fraction of sp³-hybridized carbons (Fsp3) is 0.100. The third-order valence-corrected chi connectivity index (χ3v) is 2.44. The van der Waals surface area contributed by atoms with Gasteiger partial charge in [0.05, 0.1) is 5.69 Å². The summed E-state index contributed by atoms with van der Waals surface area (Å²) in [4.78, 5) is 16.6. The number of carbonyl (C=O) groups is 1. The van der Waals surface area contributed by atoms with E-state index < -0.39 is 0 Å². The zero-order chi connectivity index (χ0) is 9.97. The number of hydrogen-bond donors (Lipinski definition) is 2. The van der Waals surface area contributed by atoms with Gasteiger partial charge >= 0.3 is 0 Å². The number of aromatic amines is 2. The predicted molar refractivity (Wildman–Crippen MR) is 57.5 cm³/mol. The first kappa shape index (κ1) is 9.27. The summed E-state index contributed by atoms with van der Waals surface area (Å²) in [5, 5.41) is 0. The maximum atomic E-state index is 10.4. The van der Waals surface area contributed by atoms with Crippen LogP contribution in [-0.2, 0) is 6.42 Å². The maximum Gasteiger partial charge on any atom is 0.166 e. The first-order chi connectivity index (χ1) is 6.78. The molecule has 4 heteroatoms. The summed E-state index contributed by atoms with van der Waals surface area (Å²) in [5.41, 5.74) is 2.75. The molecule has 3 nitrogen and oxygen atoms in total.